The fourth-order valence-electron chi connectivity index (χ4n) is 2.13. The van der Waals surface area contributed by atoms with Gasteiger partial charge in [0.1, 0.15) is 0 Å². The van der Waals surface area contributed by atoms with Crippen molar-refractivity contribution >= 4 is 5.91 Å². The Kier molecular flexibility index (Phi) is 4.54. The third kappa shape index (κ3) is 3.80. The summed E-state index contributed by atoms with van der Waals surface area (Å²) in [4.78, 5) is 13.6. The lowest BCUT2D eigenvalue weighted by Crippen LogP contribution is -2.51. The lowest BCUT2D eigenvalue weighted by molar-refractivity contribution is -0.120. The molecular weight excluding hydrogens is 190 g/mol. The zero-order valence-electron chi connectivity index (χ0n) is 9.99. The predicted molar refractivity (Wildman–Crippen MR) is 61.5 cm³/mol. The van der Waals surface area contributed by atoms with E-state index in [0.717, 1.165) is 13.1 Å². The van der Waals surface area contributed by atoms with Gasteiger partial charge in [-0.3, -0.25) is 9.69 Å². The molecule has 0 aliphatic carbocycles. The minimum atomic E-state index is -0.247. The van der Waals surface area contributed by atoms with Crippen molar-refractivity contribution in [2.45, 2.75) is 51.7 Å². The minimum Gasteiger partial charge on any atom is -0.368 e. The first-order valence-electron chi connectivity index (χ1n) is 5.80. The van der Waals surface area contributed by atoms with Gasteiger partial charge in [-0.2, -0.15) is 0 Å². The number of rotatable bonds is 5. The molecule has 0 aromatic rings. The normalized spacial score (nSPS) is 24.7. The molecule has 0 aromatic heterocycles. The van der Waals surface area contributed by atoms with Crippen molar-refractivity contribution in [3.8, 4) is 0 Å². The summed E-state index contributed by atoms with van der Waals surface area (Å²) in [5, 5.41) is 3.21. The minimum absolute atomic E-state index is 0.217. The number of carbonyl (C=O) groups excluding carboxylic acids is 1. The van der Waals surface area contributed by atoms with E-state index in [0.29, 0.717) is 12.1 Å². The Bertz CT molecular complexity index is 218. The molecule has 1 saturated heterocycles. The van der Waals surface area contributed by atoms with Gasteiger partial charge < -0.3 is 11.1 Å². The second-order valence-corrected chi connectivity index (χ2v) is 4.76. The molecule has 0 aromatic carbocycles. The van der Waals surface area contributed by atoms with E-state index < -0.39 is 0 Å². The SMILES string of the molecule is CC(C)NC(CN1CCCC1C)C(N)=O. The number of likely N-dealkylation sites (tertiary alicyclic amines) is 1. The summed E-state index contributed by atoms with van der Waals surface area (Å²) < 4.78 is 0. The summed E-state index contributed by atoms with van der Waals surface area (Å²) >= 11 is 0. The van der Waals surface area contributed by atoms with Crippen LogP contribution >= 0.6 is 0 Å². The highest BCUT2D eigenvalue weighted by Gasteiger charge is 2.25. The molecule has 4 heteroatoms. The second-order valence-electron chi connectivity index (χ2n) is 4.76. The Morgan fingerprint density at radius 3 is 2.67 bits per heavy atom. The molecule has 1 amide bonds. The van der Waals surface area contributed by atoms with E-state index in [9.17, 15) is 4.79 Å². The maximum atomic E-state index is 11.3. The number of hydrogen-bond acceptors (Lipinski definition) is 3. The van der Waals surface area contributed by atoms with Crippen LogP contribution in [0, 0.1) is 0 Å². The van der Waals surface area contributed by atoms with E-state index in [1.807, 2.05) is 13.8 Å². The molecule has 3 N–H and O–H groups in total. The predicted octanol–water partition coefficient (Wildman–Crippen LogP) is 0.323. The molecule has 0 bridgehead atoms. The molecule has 4 nitrogen and oxygen atoms in total. The Morgan fingerprint density at radius 2 is 2.27 bits per heavy atom. The third-order valence-electron chi connectivity index (χ3n) is 2.99. The van der Waals surface area contributed by atoms with Gasteiger partial charge in [-0.05, 0) is 26.3 Å². The first-order chi connectivity index (χ1) is 7.00. The number of nitrogens with zero attached hydrogens (tertiary/aromatic N) is 1. The van der Waals surface area contributed by atoms with E-state index in [2.05, 4.69) is 17.1 Å². The van der Waals surface area contributed by atoms with Crippen molar-refractivity contribution in [3.05, 3.63) is 0 Å². The fourth-order valence-corrected chi connectivity index (χ4v) is 2.13. The number of carbonyl (C=O) groups is 1. The summed E-state index contributed by atoms with van der Waals surface area (Å²) in [6.07, 6.45) is 2.46. The van der Waals surface area contributed by atoms with Crippen molar-refractivity contribution in [2.75, 3.05) is 13.1 Å². The Balaban J connectivity index is 2.46. The Hall–Kier alpha value is -0.610. The number of nitrogens with one attached hydrogen (secondary N) is 1. The molecule has 0 radical (unpaired) electrons. The average Bonchev–Trinajstić information content (AvgIpc) is 2.50. The van der Waals surface area contributed by atoms with E-state index in [-0.39, 0.29) is 11.9 Å². The number of amides is 1. The van der Waals surface area contributed by atoms with Crippen molar-refractivity contribution in [1.82, 2.24) is 10.2 Å². The highest BCUT2D eigenvalue weighted by molar-refractivity contribution is 5.80. The Morgan fingerprint density at radius 1 is 1.60 bits per heavy atom. The summed E-state index contributed by atoms with van der Waals surface area (Å²) in [5.41, 5.74) is 5.38. The van der Waals surface area contributed by atoms with Gasteiger partial charge in [0.2, 0.25) is 5.91 Å². The molecule has 88 valence electrons. The van der Waals surface area contributed by atoms with Gasteiger partial charge in [0, 0.05) is 18.6 Å². The first-order valence-corrected chi connectivity index (χ1v) is 5.80. The van der Waals surface area contributed by atoms with Crippen molar-refractivity contribution < 1.29 is 4.79 Å². The molecule has 1 aliphatic rings. The number of hydrogen-bond donors (Lipinski definition) is 2. The average molecular weight is 213 g/mol. The molecule has 0 spiro atoms. The van der Waals surface area contributed by atoms with Crippen molar-refractivity contribution in [3.63, 3.8) is 0 Å². The molecule has 15 heavy (non-hydrogen) atoms. The quantitative estimate of drug-likeness (QED) is 0.691. The van der Waals surface area contributed by atoms with Crippen LogP contribution in [0.3, 0.4) is 0 Å². The zero-order valence-corrected chi connectivity index (χ0v) is 9.99. The molecule has 2 atom stereocenters. The van der Waals surface area contributed by atoms with Crippen LogP contribution in [0.25, 0.3) is 0 Å². The molecule has 1 heterocycles. The third-order valence-corrected chi connectivity index (χ3v) is 2.99. The summed E-state index contributed by atoms with van der Waals surface area (Å²) in [6.45, 7) is 8.10. The van der Waals surface area contributed by atoms with Gasteiger partial charge in [-0.25, -0.2) is 0 Å². The van der Waals surface area contributed by atoms with E-state index in [1.165, 1.54) is 12.8 Å². The highest BCUT2D eigenvalue weighted by Crippen LogP contribution is 2.16. The van der Waals surface area contributed by atoms with Crippen LogP contribution in [0.5, 0.6) is 0 Å². The van der Waals surface area contributed by atoms with E-state index in [4.69, 9.17) is 5.73 Å². The molecule has 1 rings (SSSR count). The monoisotopic (exact) mass is 213 g/mol. The molecule has 2 unspecified atom stereocenters. The molecule has 0 saturated carbocycles. The fraction of sp³-hybridized carbons (Fsp3) is 0.909. The highest BCUT2D eigenvalue weighted by atomic mass is 16.1. The van der Waals surface area contributed by atoms with Gasteiger partial charge in [0.15, 0.2) is 0 Å². The van der Waals surface area contributed by atoms with Crippen LogP contribution < -0.4 is 11.1 Å². The lowest BCUT2D eigenvalue weighted by atomic mass is 10.2. The summed E-state index contributed by atoms with van der Waals surface area (Å²) in [7, 11) is 0. The lowest BCUT2D eigenvalue weighted by Gasteiger charge is -2.27. The molecule has 1 fully saturated rings. The molecule has 1 aliphatic heterocycles. The van der Waals surface area contributed by atoms with Crippen LogP contribution in [-0.2, 0) is 4.79 Å². The van der Waals surface area contributed by atoms with Crippen molar-refractivity contribution in [2.24, 2.45) is 5.73 Å². The van der Waals surface area contributed by atoms with Crippen LogP contribution in [0.4, 0.5) is 0 Å². The second kappa shape index (κ2) is 5.47. The zero-order chi connectivity index (χ0) is 11.4. The first kappa shape index (κ1) is 12.5. The van der Waals surface area contributed by atoms with E-state index >= 15 is 0 Å². The van der Waals surface area contributed by atoms with Gasteiger partial charge in [-0.15, -0.1) is 0 Å². The topological polar surface area (TPSA) is 58.4 Å². The summed E-state index contributed by atoms with van der Waals surface area (Å²) in [6, 6.07) is 0.659. The number of primary amides is 1. The van der Waals surface area contributed by atoms with Crippen LogP contribution in [0.15, 0.2) is 0 Å². The van der Waals surface area contributed by atoms with Crippen LogP contribution in [-0.4, -0.2) is 42.0 Å². The van der Waals surface area contributed by atoms with Crippen LogP contribution in [0.2, 0.25) is 0 Å². The largest absolute Gasteiger partial charge is 0.368 e. The number of nitrogens with two attached hydrogens (primary N) is 1. The van der Waals surface area contributed by atoms with Gasteiger partial charge in [-0.1, -0.05) is 13.8 Å². The van der Waals surface area contributed by atoms with Gasteiger partial charge in [0.05, 0.1) is 6.04 Å². The van der Waals surface area contributed by atoms with Crippen LogP contribution in [0.1, 0.15) is 33.6 Å². The van der Waals surface area contributed by atoms with Gasteiger partial charge in [0.25, 0.3) is 0 Å². The Labute approximate surface area is 92.2 Å². The molecular formula is C11H23N3O. The maximum Gasteiger partial charge on any atom is 0.235 e. The van der Waals surface area contributed by atoms with Gasteiger partial charge >= 0.3 is 0 Å². The standard InChI is InChI=1S/C11H23N3O/c1-8(2)13-10(11(12)15)7-14-6-4-5-9(14)3/h8-10,13H,4-7H2,1-3H3,(H2,12,15). The smallest absolute Gasteiger partial charge is 0.235 e. The maximum absolute atomic E-state index is 11.3. The summed E-state index contributed by atoms with van der Waals surface area (Å²) in [5.74, 6) is -0.247. The van der Waals surface area contributed by atoms with E-state index in [1.54, 1.807) is 0 Å². The van der Waals surface area contributed by atoms with Crippen molar-refractivity contribution in [1.29, 1.82) is 0 Å².